The van der Waals surface area contributed by atoms with Gasteiger partial charge in [0.05, 0.1) is 10.6 Å². The van der Waals surface area contributed by atoms with E-state index in [1.54, 1.807) is 18.3 Å². The molecule has 1 unspecified atom stereocenters. The van der Waals surface area contributed by atoms with E-state index in [-0.39, 0.29) is 5.78 Å². The van der Waals surface area contributed by atoms with Crippen molar-refractivity contribution in [1.29, 1.82) is 0 Å². The molecule has 0 N–H and O–H groups in total. The molecule has 5 heteroatoms. The van der Waals surface area contributed by atoms with E-state index in [4.69, 9.17) is 0 Å². The first kappa shape index (κ1) is 13.1. The topological polar surface area (TPSA) is 36.4 Å². The minimum absolute atomic E-state index is 0.137. The van der Waals surface area contributed by atoms with Gasteiger partial charge in [0, 0.05) is 32.6 Å². The van der Waals surface area contributed by atoms with Crippen molar-refractivity contribution >= 4 is 22.3 Å². The molecular formula is C14H21N3OS. The largest absolute Gasteiger partial charge is 0.345 e. The Morgan fingerprint density at radius 2 is 2.16 bits per heavy atom. The molecule has 0 amide bonds. The fraction of sp³-hybridized carbons (Fsp3) is 0.714. The number of anilines is 1. The minimum Gasteiger partial charge on any atom is -0.345 e. The van der Waals surface area contributed by atoms with Crippen molar-refractivity contribution in [3.8, 4) is 0 Å². The maximum atomic E-state index is 11.5. The smallest absolute Gasteiger partial charge is 0.186 e. The normalized spacial score (nSPS) is 24.3. The van der Waals surface area contributed by atoms with Crippen LogP contribution in [0.1, 0.15) is 41.6 Å². The summed E-state index contributed by atoms with van der Waals surface area (Å²) in [5, 5.41) is 1.04. The lowest BCUT2D eigenvalue weighted by Crippen LogP contribution is -2.54. The summed E-state index contributed by atoms with van der Waals surface area (Å²) in [5.41, 5.74) is 0.888. The maximum Gasteiger partial charge on any atom is 0.186 e. The Morgan fingerprint density at radius 3 is 2.89 bits per heavy atom. The van der Waals surface area contributed by atoms with Crippen LogP contribution in [0.25, 0.3) is 0 Å². The predicted molar refractivity (Wildman–Crippen MR) is 78.3 cm³/mol. The lowest BCUT2D eigenvalue weighted by Gasteiger charge is -2.44. The van der Waals surface area contributed by atoms with Crippen LogP contribution in [-0.2, 0) is 0 Å². The van der Waals surface area contributed by atoms with Gasteiger partial charge in [-0.3, -0.25) is 9.69 Å². The van der Waals surface area contributed by atoms with Crippen molar-refractivity contribution in [3.05, 3.63) is 10.6 Å². The summed E-state index contributed by atoms with van der Waals surface area (Å²) < 4.78 is 0. The predicted octanol–water partition coefficient (Wildman–Crippen LogP) is 2.33. The number of piperazine rings is 1. The Bertz CT molecular complexity index is 485. The van der Waals surface area contributed by atoms with Crippen LogP contribution in [0.15, 0.2) is 0 Å². The standard InChI is InChI=1S/C14H21N3OS/c1-10-13(11(2)18)19-14(15-10)17-8-7-16-6-4-3-5-12(16)9-17/h12H,3-9H2,1-2H3. The molecule has 1 atom stereocenters. The number of aryl methyl sites for hydroxylation is 1. The van der Waals surface area contributed by atoms with Gasteiger partial charge in [-0.1, -0.05) is 17.8 Å². The Morgan fingerprint density at radius 1 is 1.32 bits per heavy atom. The first-order valence-electron chi connectivity index (χ1n) is 7.12. The monoisotopic (exact) mass is 279 g/mol. The zero-order valence-electron chi connectivity index (χ0n) is 11.7. The highest BCUT2D eigenvalue weighted by Gasteiger charge is 2.30. The van der Waals surface area contributed by atoms with E-state index < -0.39 is 0 Å². The third-order valence-electron chi connectivity index (χ3n) is 4.21. The zero-order chi connectivity index (χ0) is 13.4. The number of hydrogen-bond donors (Lipinski definition) is 0. The molecule has 0 radical (unpaired) electrons. The molecule has 3 heterocycles. The first-order valence-corrected chi connectivity index (χ1v) is 7.94. The van der Waals surface area contributed by atoms with Gasteiger partial charge in [-0.25, -0.2) is 4.98 Å². The molecule has 2 aliphatic rings. The summed E-state index contributed by atoms with van der Waals surface area (Å²) in [6, 6.07) is 0.687. The van der Waals surface area contributed by atoms with Crippen LogP contribution in [0.5, 0.6) is 0 Å². The molecule has 0 aromatic carbocycles. The summed E-state index contributed by atoms with van der Waals surface area (Å²) >= 11 is 1.56. The van der Waals surface area contributed by atoms with Gasteiger partial charge < -0.3 is 4.90 Å². The summed E-state index contributed by atoms with van der Waals surface area (Å²) in [5.74, 6) is 0.137. The van der Waals surface area contributed by atoms with E-state index in [1.165, 1.54) is 25.8 Å². The van der Waals surface area contributed by atoms with E-state index in [2.05, 4.69) is 14.8 Å². The molecule has 19 heavy (non-hydrogen) atoms. The summed E-state index contributed by atoms with van der Waals surface area (Å²) in [6.07, 6.45) is 4.01. The summed E-state index contributed by atoms with van der Waals surface area (Å²) in [4.78, 5) is 21.9. The van der Waals surface area contributed by atoms with Crippen molar-refractivity contribution in [2.45, 2.75) is 39.2 Å². The van der Waals surface area contributed by atoms with Gasteiger partial charge in [0.25, 0.3) is 0 Å². The van der Waals surface area contributed by atoms with Gasteiger partial charge in [0.15, 0.2) is 10.9 Å². The molecule has 4 nitrogen and oxygen atoms in total. The lowest BCUT2D eigenvalue weighted by atomic mass is 10.00. The second-order valence-corrected chi connectivity index (χ2v) is 6.58. The highest BCUT2D eigenvalue weighted by atomic mass is 32.1. The highest BCUT2D eigenvalue weighted by molar-refractivity contribution is 7.17. The number of nitrogens with zero attached hydrogens (tertiary/aromatic N) is 3. The number of carbonyl (C=O) groups excluding carboxylic acids is 1. The second kappa shape index (κ2) is 5.21. The number of fused-ring (bicyclic) bond motifs is 1. The minimum atomic E-state index is 0.137. The van der Waals surface area contributed by atoms with Crippen LogP contribution in [0.4, 0.5) is 5.13 Å². The molecule has 2 aliphatic heterocycles. The Kier molecular flexibility index (Phi) is 3.58. The zero-order valence-corrected chi connectivity index (χ0v) is 12.5. The number of ketones is 1. The summed E-state index contributed by atoms with van der Waals surface area (Å²) in [6.45, 7) is 8.08. The van der Waals surface area contributed by atoms with Crippen LogP contribution in [-0.4, -0.2) is 47.9 Å². The second-order valence-electron chi connectivity index (χ2n) is 5.60. The number of carbonyl (C=O) groups is 1. The van der Waals surface area contributed by atoms with Crippen LogP contribution in [0.2, 0.25) is 0 Å². The Hall–Kier alpha value is -0.940. The number of thiazole rings is 1. The molecule has 2 fully saturated rings. The number of Topliss-reactive ketones (excluding diaryl/α,β-unsaturated/α-hetero) is 1. The van der Waals surface area contributed by atoms with Gasteiger partial charge in [-0.05, 0) is 26.3 Å². The van der Waals surface area contributed by atoms with Crippen molar-refractivity contribution in [1.82, 2.24) is 9.88 Å². The molecule has 0 saturated carbocycles. The van der Waals surface area contributed by atoms with Crippen molar-refractivity contribution < 1.29 is 4.79 Å². The molecule has 0 bridgehead atoms. The van der Waals surface area contributed by atoms with E-state index in [9.17, 15) is 4.79 Å². The lowest BCUT2D eigenvalue weighted by molar-refractivity contribution is 0.102. The molecule has 3 rings (SSSR count). The number of rotatable bonds is 2. The van der Waals surface area contributed by atoms with Crippen LogP contribution >= 0.6 is 11.3 Å². The van der Waals surface area contributed by atoms with Gasteiger partial charge >= 0.3 is 0 Å². The molecule has 0 spiro atoms. The van der Waals surface area contributed by atoms with Crippen molar-refractivity contribution in [2.24, 2.45) is 0 Å². The molecule has 104 valence electrons. The quantitative estimate of drug-likeness (QED) is 0.779. The van der Waals surface area contributed by atoms with Gasteiger partial charge in [0.1, 0.15) is 0 Å². The van der Waals surface area contributed by atoms with E-state index >= 15 is 0 Å². The average Bonchev–Trinajstić information content (AvgIpc) is 2.80. The third-order valence-corrected chi connectivity index (χ3v) is 5.53. The Balaban J connectivity index is 1.76. The third kappa shape index (κ3) is 2.54. The van der Waals surface area contributed by atoms with Crippen LogP contribution in [0.3, 0.4) is 0 Å². The SMILES string of the molecule is CC(=O)c1sc(N2CCN3CCCCC3C2)nc1C. The fourth-order valence-corrected chi connectivity index (χ4v) is 4.17. The molecule has 2 saturated heterocycles. The van der Waals surface area contributed by atoms with E-state index in [0.29, 0.717) is 6.04 Å². The van der Waals surface area contributed by atoms with E-state index in [1.807, 2.05) is 6.92 Å². The average molecular weight is 279 g/mol. The first-order chi connectivity index (χ1) is 9.15. The number of piperidine rings is 1. The van der Waals surface area contributed by atoms with Gasteiger partial charge in [-0.15, -0.1) is 0 Å². The van der Waals surface area contributed by atoms with Crippen LogP contribution < -0.4 is 4.90 Å². The Labute approximate surface area is 118 Å². The molecule has 0 aliphatic carbocycles. The van der Waals surface area contributed by atoms with Gasteiger partial charge in [0.2, 0.25) is 0 Å². The highest BCUT2D eigenvalue weighted by Crippen LogP contribution is 2.30. The molecule has 1 aromatic rings. The van der Waals surface area contributed by atoms with Crippen molar-refractivity contribution in [3.63, 3.8) is 0 Å². The van der Waals surface area contributed by atoms with Crippen LogP contribution in [0, 0.1) is 6.92 Å². The summed E-state index contributed by atoms with van der Waals surface area (Å²) in [7, 11) is 0. The maximum absolute atomic E-state index is 11.5. The van der Waals surface area contributed by atoms with E-state index in [0.717, 1.165) is 35.3 Å². The van der Waals surface area contributed by atoms with Gasteiger partial charge in [-0.2, -0.15) is 0 Å². The molecular weight excluding hydrogens is 258 g/mol. The fourth-order valence-electron chi connectivity index (χ4n) is 3.17. The number of hydrogen-bond acceptors (Lipinski definition) is 5. The number of aromatic nitrogens is 1. The molecule has 1 aromatic heterocycles. The van der Waals surface area contributed by atoms with Crippen molar-refractivity contribution in [2.75, 3.05) is 31.1 Å².